The van der Waals surface area contributed by atoms with Crippen molar-refractivity contribution in [2.75, 3.05) is 17.2 Å². The van der Waals surface area contributed by atoms with Gasteiger partial charge in [0.2, 0.25) is 0 Å². The van der Waals surface area contributed by atoms with Crippen molar-refractivity contribution in [3.05, 3.63) is 29.8 Å². The molecule has 3 heteroatoms. The summed E-state index contributed by atoms with van der Waals surface area (Å²) in [5.74, 6) is 1.21. The van der Waals surface area contributed by atoms with Crippen LogP contribution in [-0.2, 0) is 0 Å². The molecule has 3 unspecified atom stereocenters. The van der Waals surface area contributed by atoms with Crippen LogP contribution in [0.1, 0.15) is 38.8 Å². The molecule has 0 amide bonds. The minimum absolute atomic E-state index is 0.151. The van der Waals surface area contributed by atoms with Gasteiger partial charge < -0.3 is 10.6 Å². The molecule has 1 saturated heterocycles. The quantitative estimate of drug-likeness (QED) is 0.907. The fourth-order valence-electron chi connectivity index (χ4n) is 2.56. The van der Waals surface area contributed by atoms with Crippen molar-refractivity contribution in [3.63, 3.8) is 0 Å². The Hall–Kier alpha value is -0.670. The predicted octanol–water partition coefficient (Wildman–Crippen LogP) is 3.43. The molecular formula is C15H24N2S. The van der Waals surface area contributed by atoms with Gasteiger partial charge in [-0.25, -0.2) is 0 Å². The minimum atomic E-state index is 0.151. The molecule has 1 aromatic rings. The van der Waals surface area contributed by atoms with Crippen LogP contribution < -0.4 is 10.6 Å². The van der Waals surface area contributed by atoms with E-state index in [2.05, 4.69) is 61.7 Å². The summed E-state index contributed by atoms with van der Waals surface area (Å²) in [6, 6.07) is 9.36. The predicted molar refractivity (Wildman–Crippen MR) is 82.4 cm³/mol. The molecule has 0 spiro atoms. The Morgan fingerprint density at radius 1 is 1.39 bits per heavy atom. The van der Waals surface area contributed by atoms with Gasteiger partial charge in [0, 0.05) is 35.3 Å². The Morgan fingerprint density at radius 2 is 2.11 bits per heavy atom. The first-order chi connectivity index (χ1) is 8.65. The van der Waals surface area contributed by atoms with Gasteiger partial charge in [-0.15, -0.1) is 0 Å². The molecule has 1 heterocycles. The summed E-state index contributed by atoms with van der Waals surface area (Å²) in [6.45, 7) is 7.93. The molecule has 1 fully saturated rings. The lowest BCUT2D eigenvalue weighted by molar-refractivity contribution is 0.615. The van der Waals surface area contributed by atoms with Crippen LogP contribution in [0.25, 0.3) is 0 Å². The highest BCUT2D eigenvalue weighted by Gasteiger charge is 2.27. The zero-order valence-electron chi connectivity index (χ0n) is 11.6. The molecule has 0 aromatic heterocycles. The Labute approximate surface area is 115 Å². The molecule has 2 nitrogen and oxygen atoms in total. The van der Waals surface area contributed by atoms with Crippen LogP contribution in [0.5, 0.6) is 0 Å². The average molecular weight is 264 g/mol. The van der Waals surface area contributed by atoms with Crippen molar-refractivity contribution in [3.8, 4) is 0 Å². The topological polar surface area (TPSA) is 29.3 Å². The van der Waals surface area contributed by atoms with E-state index < -0.39 is 0 Å². The highest BCUT2D eigenvalue weighted by Crippen LogP contribution is 2.33. The summed E-state index contributed by atoms with van der Waals surface area (Å²) >= 11 is 2.07. The average Bonchev–Trinajstić information content (AvgIpc) is 2.41. The number of thioether (sulfide) groups is 1. The summed E-state index contributed by atoms with van der Waals surface area (Å²) in [5, 5.41) is 0.685. The lowest BCUT2D eigenvalue weighted by atomic mass is 10.0. The van der Waals surface area contributed by atoms with Crippen LogP contribution in [0.4, 0.5) is 5.69 Å². The van der Waals surface area contributed by atoms with E-state index >= 15 is 0 Å². The van der Waals surface area contributed by atoms with Crippen molar-refractivity contribution in [2.24, 2.45) is 5.73 Å². The fraction of sp³-hybridized carbons (Fsp3) is 0.600. The van der Waals surface area contributed by atoms with Gasteiger partial charge in [-0.05, 0) is 25.0 Å². The Kier molecular flexibility index (Phi) is 4.57. The molecule has 0 saturated carbocycles. The van der Waals surface area contributed by atoms with Gasteiger partial charge >= 0.3 is 0 Å². The Bertz CT molecular complexity index is 394. The summed E-state index contributed by atoms with van der Waals surface area (Å²) < 4.78 is 0. The normalized spacial score (nSPS) is 26.1. The smallest absolute Gasteiger partial charge is 0.0417 e. The van der Waals surface area contributed by atoms with E-state index in [0.717, 1.165) is 13.0 Å². The van der Waals surface area contributed by atoms with Crippen molar-refractivity contribution in [2.45, 2.75) is 44.5 Å². The van der Waals surface area contributed by atoms with Crippen molar-refractivity contribution in [1.82, 2.24) is 0 Å². The second kappa shape index (κ2) is 5.98. The minimum Gasteiger partial charge on any atom is -0.367 e. The largest absolute Gasteiger partial charge is 0.367 e. The molecule has 2 rings (SSSR count). The van der Waals surface area contributed by atoms with Crippen molar-refractivity contribution < 1.29 is 0 Å². The molecule has 0 aliphatic carbocycles. The highest BCUT2D eigenvalue weighted by atomic mass is 32.2. The third-order valence-corrected chi connectivity index (χ3v) is 5.31. The highest BCUT2D eigenvalue weighted by molar-refractivity contribution is 8.00. The maximum absolute atomic E-state index is 6.25. The van der Waals surface area contributed by atoms with Gasteiger partial charge in [0.15, 0.2) is 0 Å². The van der Waals surface area contributed by atoms with E-state index in [-0.39, 0.29) is 6.04 Å². The number of benzene rings is 1. The van der Waals surface area contributed by atoms with Crippen LogP contribution in [0.2, 0.25) is 0 Å². The van der Waals surface area contributed by atoms with Gasteiger partial charge in [-0.3, -0.25) is 0 Å². The zero-order chi connectivity index (χ0) is 13.1. The number of para-hydroxylation sites is 1. The number of anilines is 1. The van der Waals surface area contributed by atoms with Crippen LogP contribution in [0.3, 0.4) is 0 Å². The number of nitrogens with zero attached hydrogens (tertiary/aromatic N) is 1. The fourth-order valence-corrected chi connectivity index (χ4v) is 3.65. The van der Waals surface area contributed by atoms with Crippen LogP contribution in [0.15, 0.2) is 24.3 Å². The number of rotatable bonds is 3. The van der Waals surface area contributed by atoms with E-state index in [1.54, 1.807) is 0 Å². The first-order valence-corrected chi connectivity index (χ1v) is 7.92. The monoisotopic (exact) mass is 264 g/mol. The second-order valence-corrected chi connectivity index (χ2v) is 6.57. The van der Waals surface area contributed by atoms with Crippen LogP contribution in [-0.4, -0.2) is 23.6 Å². The van der Waals surface area contributed by atoms with E-state index in [1.165, 1.54) is 17.0 Å². The van der Waals surface area contributed by atoms with Gasteiger partial charge in [-0.2, -0.15) is 11.8 Å². The molecule has 3 atom stereocenters. The van der Waals surface area contributed by atoms with Gasteiger partial charge in [0.1, 0.15) is 0 Å². The van der Waals surface area contributed by atoms with E-state index in [4.69, 9.17) is 5.73 Å². The van der Waals surface area contributed by atoms with Crippen molar-refractivity contribution >= 4 is 17.4 Å². The molecule has 1 aromatic carbocycles. The molecule has 1 aliphatic rings. The van der Waals surface area contributed by atoms with Crippen molar-refractivity contribution in [1.29, 1.82) is 0 Å². The maximum atomic E-state index is 6.25. The van der Waals surface area contributed by atoms with Gasteiger partial charge in [-0.1, -0.05) is 32.0 Å². The first-order valence-electron chi connectivity index (χ1n) is 6.88. The maximum Gasteiger partial charge on any atom is 0.0417 e. The number of hydrogen-bond donors (Lipinski definition) is 1. The number of hydrogen-bond acceptors (Lipinski definition) is 3. The Balaban J connectivity index is 2.32. The number of nitrogens with two attached hydrogens (primary N) is 1. The molecular weight excluding hydrogens is 240 g/mol. The summed E-state index contributed by atoms with van der Waals surface area (Å²) in [6.07, 6.45) is 0.990. The molecule has 100 valence electrons. The molecule has 0 radical (unpaired) electrons. The van der Waals surface area contributed by atoms with E-state index in [1.807, 2.05) is 0 Å². The van der Waals surface area contributed by atoms with Crippen LogP contribution in [0, 0.1) is 0 Å². The SMILES string of the molecule is CCC(N)c1ccccc1N1CCSC(C)C1C. The molecule has 18 heavy (non-hydrogen) atoms. The molecule has 1 aliphatic heterocycles. The van der Waals surface area contributed by atoms with E-state index in [9.17, 15) is 0 Å². The second-order valence-electron chi connectivity index (χ2n) is 5.08. The summed E-state index contributed by atoms with van der Waals surface area (Å²) in [7, 11) is 0. The zero-order valence-corrected chi connectivity index (χ0v) is 12.4. The third-order valence-electron chi connectivity index (χ3n) is 3.97. The molecule has 0 bridgehead atoms. The van der Waals surface area contributed by atoms with Gasteiger partial charge in [0.05, 0.1) is 0 Å². The summed E-state index contributed by atoms with van der Waals surface area (Å²) in [5.41, 5.74) is 8.89. The summed E-state index contributed by atoms with van der Waals surface area (Å²) in [4.78, 5) is 2.53. The molecule has 2 N–H and O–H groups in total. The Morgan fingerprint density at radius 3 is 2.83 bits per heavy atom. The lowest BCUT2D eigenvalue weighted by Gasteiger charge is -2.40. The third kappa shape index (κ3) is 2.67. The van der Waals surface area contributed by atoms with E-state index in [0.29, 0.717) is 11.3 Å². The lowest BCUT2D eigenvalue weighted by Crippen LogP contribution is -2.45. The first kappa shape index (κ1) is 13.8. The standard InChI is InChI=1S/C15H24N2S/c1-4-14(16)13-7-5-6-8-15(13)17-9-10-18-12(3)11(17)2/h5-8,11-12,14H,4,9-10,16H2,1-3H3. The van der Waals surface area contributed by atoms with Gasteiger partial charge in [0.25, 0.3) is 0 Å². The van der Waals surface area contributed by atoms with Crippen LogP contribution >= 0.6 is 11.8 Å².